The van der Waals surface area contributed by atoms with Crippen molar-refractivity contribution in [1.82, 2.24) is 4.57 Å². The Kier molecular flexibility index (Phi) is 3.75. The van der Waals surface area contributed by atoms with Crippen LogP contribution in [0.5, 0.6) is 0 Å². The van der Waals surface area contributed by atoms with E-state index in [1.807, 2.05) is 10.6 Å². The minimum atomic E-state index is -3.45. The van der Waals surface area contributed by atoms with Gasteiger partial charge < -0.3 is 4.57 Å². The molecule has 1 aliphatic rings. The molecule has 3 rings (SSSR count). The molecule has 1 heterocycles. The molecule has 0 spiro atoms. The first-order chi connectivity index (χ1) is 9.97. The van der Waals surface area contributed by atoms with Crippen LogP contribution in [0.1, 0.15) is 24.1 Å². The second kappa shape index (κ2) is 5.42. The molecule has 0 aliphatic heterocycles. The van der Waals surface area contributed by atoms with Gasteiger partial charge in [0.25, 0.3) is 10.1 Å². The number of rotatable bonds is 4. The topological polar surface area (TPSA) is 48.3 Å². The average Bonchev–Trinajstić information content (AvgIpc) is 2.74. The molecule has 4 nitrogen and oxygen atoms in total. The average molecular weight is 311 g/mol. The summed E-state index contributed by atoms with van der Waals surface area (Å²) in [4.78, 5) is 0. The second-order valence-corrected chi connectivity index (χ2v) is 7.09. The Morgan fingerprint density at radius 1 is 1.29 bits per heavy atom. The number of benzene rings is 1. The Morgan fingerprint density at radius 3 is 2.81 bits per heavy atom. The fraction of sp³-hybridized carbons (Fsp3) is 0.467. The molecule has 0 unspecified atom stereocenters. The molecular formula is C15H18FNO3S. The van der Waals surface area contributed by atoms with Gasteiger partial charge in [-0.3, -0.25) is 4.18 Å². The lowest BCUT2D eigenvalue weighted by Gasteiger charge is -2.15. The summed E-state index contributed by atoms with van der Waals surface area (Å²) in [5, 5.41) is 0.687. The molecule has 1 aromatic heterocycles. The fourth-order valence-corrected chi connectivity index (χ4v) is 3.55. The van der Waals surface area contributed by atoms with E-state index in [-0.39, 0.29) is 12.4 Å². The van der Waals surface area contributed by atoms with Gasteiger partial charge in [-0.05, 0) is 43.4 Å². The number of hydrogen-bond donors (Lipinski definition) is 0. The maximum atomic E-state index is 14.2. The summed E-state index contributed by atoms with van der Waals surface area (Å²) in [5.74, 6) is -0.201. The fourth-order valence-electron chi connectivity index (χ4n) is 3.17. The maximum Gasteiger partial charge on any atom is 0.264 e. The first-order valence-corrected chi connectivity index (χ1v) is 8.92. The molecule has 114 valence electrons. The Morgan fingerprint density at radius 2 is 2.05 bits per heavy atom. The van der Waals surface area contributed by atoms with E-state index in [4.69, 9.17) is 4.18 Å². The highest BCUT2D eigenvalue weighted by atomic mass is 32.2. The Labute approximate surface area is 123 Å². The molecule has 0 fully saturated rings. The molecule has 2 aromatic rings. The van der Waals surface area contributed by atoms with Crippen molar-refractivity contribution in [1.29, 1.82) is 0 Å². The van der Waals surface area contributed by atoms with Gasteiger partial charge in [0.1, 0.15) is 5.82 Å². The molecule has 0 saturated carbocycles. The molecular weight excluding hydrogens is 293 g/mol. The summed E-state index contributed by atoms with van der Waals surface area (Å²) >= 11 is 0. The minimum absolute atomic E-state index is 0.0750. The van der Waals surface area contributed by atoms with Gasteiger partial charge in [-0.1, -0.05) is 6.07 Å². The quantitative estimate of drug-likeness (QED) is 0.816. The van der Waals surface area contributed by atoms with E-state index in [1.165, 1.54) is 6.07 Å². The molecule has 0 radical (unpaired) electrons. The van der Waals surface area contributed by atoms with Crippen molar-refractivity contribution in [2.24, 2.45) is 0 Å². The summed E-state index contributed by atoms with van der Waals surface area (Å²) in [6.45, 7) is 0.494. The molecule has 6 heteroatoms. The third-order valence-corrected chi connectivity index (χ3v) is 4.56. The highest BCUT2D eigenvalue weighted by Gasteiger charge is 2.22. The van der Waals surface area contributed by atoms with Crippen LogP contribution >= 0.6 is 0 Å². The van der Waals surface area contributed by atoms with Gasteiger partial charge in [0, 0.05) is 17.6 Å². The van der Waals surface area contributed by atoms with Gasteiger partial charge in [-0.25, -0.2) is 4.39 Å². The van der Waals surface area contributed by atoms with Crippen LogP contribution in [0.15, 0.2) is 18.2 Å². The van der Waals surface area contributed by atoms with E-state index in [2.05, 4.69) is 0 Å². The number of aryl methyl sites for hydroxylation is 1. The first kappa shape index (κ1) is 14.5. The zero-order chi connectivity index (χ0) is 15.0. The van der Waals surface area contributed by atoms with Crippen LogP contribution in [0.4, 0.5) is 4.39 Å². The SMILES string of the molecule is CS(=O)(=O)OCCn1c2c(c3c(F)cccc31)CCCC2. The Bertz CT molecular complexity index is 780. The van der Waals surface area contributed by atoms with E-state index in [9.17, 15) is 12.8 Å². The van der Waals surface area contributed by atoms with Gasteiger partial charge in [-0.15, -0.1) is 0 Å². The van der Waals surface area contributed by atoms with E-state index < -0.39 is 10.1 Å². The van der Waals surface area contributed by atoms with E-state index in [1.54, 1.807) is 6.07 Å². The zero-order valence-electron chi connectivity index (χ0n) is 11.9. The minimum Gasteiger partial charge on any atom is -0.342 e. The first-order valence-electron chi connectivity index (χ1n) is 7.10. The third-order valence-electron chi connectivity index (χ3n) is 3.96. The van der Waals surface area contributed by atoms with Gasteiger partial charge in [0.05, 0.1) is 18.4 Å². The van der Waals surface area contributed by atoms with Gasteiger partial charge in [0.2, 0.25) is 0 Å². The maximum absolute atomic E-state index is 14.2. The number of halogens is 1. The number of aromatic nitrogens is 1. The van der Waals surface area contributed by atoms with Crippen molar-refractivity contribution in [2.75, 3.05) is 12.9 Å². The summed E-state index contributed by atoms with van der Waals surface area (Å²) in [6.07, 6.45) is 4.98. The zero-order valence-corrected chi connectivity index (χ0v) is 12.7. The van der Waals surface area contributed by atoms with Crippen LogP contribution in [-0.2, 0) is 33.7 Å². The highest BCUT2D eigenvalue weighted by Crippen LogP contribution is 2.33. The normalized spacial score (nSPS) is 15.3. The van der Waals surface area contributed by atoms with E-state index >= 15 is 0 Å². The molecule has 0 atom stereocenters. The van der Waals surface area contributed by atoms with Crippen LogP contribution < -0.4 is 0 Å². The molecule has 0 saturated heterocycles. The van der Waals surface area contributed by atoms with Crippen LogP contribution in [0.2, 0.25) is 0 Å². The molecule has 0 bridgehead atoms. The second-order valence-electron chi connectivity index (χ2n) is 5.44. The van der Waals surface area contributed by atoms with Crippen molar-refractivity contribution < 1.29 is 17.0 Å². The van der Waals surface area contributed by atoms with E-state index in [0.29, 0.717) is 11.9 Å². The van der Waals surface area contributed by atoms with Crippen LogP contribution in [0.25, 0.3) is 10.9 Å². The molecule has 1 aromatic carbocycles. The highest BCUT2D eigenvalue weighted by molar-refractivity contribution is 7.85. The summed E-state index contributed by atoms with van der Waals surface area (Å²) in [6, 6.07) is 5.06. The van der Waals surface area contributed by atoms with Crippen molar-refractivity contribution >= 4 is 21.0 Å². The predicted molar refractivity (Wildman–Crippen MR) is 79.3 cm³/mol. The van der Waals surface area contributed by atoms with Gasteiger partial charge in [-0.2, -0.15) is 8.42 Å². The number of hydrogen-bond acceptors (Lipinski definition) is 3. The predicted octanol–water partition coefficient (Wildman–Crippen LogP) is 2.64. The smallest absolute Gasteiger partial charge is 0.264 e. The molecule has 1 aliphatic carbocycles. The van der Waals surface area contributed by atoms with Crippen molar-refractivity contribution in [3.05, 3.63) is 35.3 Å². The molecule has 0 N–H and O–H groups in total. The third kappa shape index (κ3) is 2.82. The Hall–Kier alpha value is -1.40. The van der Waals surface area contributed by atoms with Crippen LogP contribution in [0.3, 0.4) is 0 Å². The standard InChI is InChI=1S/C15H18FNO3S/c1-21(18,19)20-10-9-17-13-7-3-2-5-11(13)15-12(16)6-4-8-14(15)17/h4,6,8H,2-3,5,7,9-10H2,1H3. The largest absolute Gasteiger partial charge is 0.342 e. The monoisotopic (exact) mass is 311 g/mol. The van der Waals surface area contributed by atoms with Crippen LogP contribution in [-0.4, -0.2) is 25.8 Å². The van der Waals surface area contributed by atoms with E-state index in [0.717, 1.165) is 48.7 Å². The summed E-state index contributed by atoms with van der Waals surface area (Å²) < 4.78 is 43.2. The lowest BCUT2D eigenvalue weighted by atomic mass is 9.95. The summed E-state index contributed by atoms with van der Waals surface area (Å²) in [7, 11) is -3.45. The number of nitrogens with zero attached hydrogens (tertiary/aromatic N) is 1. The van der Waals surface area contributed by atoms with Crippen molar-refractivity contribution in [2.45, 2.75) is 32.2 Å². The van der Waals surface area contributed by atoms with Gasteiger partial charge >= 0.3 is 0 Å². The van der Waals surface area contributed by atoms with Crippen LogP contribution in [0, 0.1) is 5.82 Å². The Balaban J connectivity index is 2.03. The lowest BCUT2D eigenvalue weighted by Crippen LogP contribution is -2.14. The molecule has 21 heavy (non-hydrogen) atoms. The summed E-state index contributed by atoms with van der Waals surface area (Å²) in [5.41, 5.74) is 3.03. The van der Waals surface area contributed by atoms with Gasteiger partial charge in [0.15, 0.2) is 0 Å². The van der Waals surface area contributed by atoms with Crippen molar-refractivity contribution in [3.63, 3.8) is 0 Å². The number of fused-ring (bicyclic) bond motifs is 3. The lowest BCUT2D eigenvalue weighted by molar-refractivity contribution is 0.304. The molecule has 0 amide bonds. The van der Waals surface area contributed by atoms with Crippen molar-refractivity contribution in [3.8, 4) is 0 Å².